The number of ether oxygens (including phenoxy) is 1. The Hall–Kier alpha value is -1.66. The first kappa shape index (κ1) is 16.7. The van der Waals surface area contributed by atoms with Gasteiger partial charge in [-0.05, 0) is 45.7 Å². The summed E-state index contributed by atoms with van der Waals surface area (Å²) in [5.74, 6) is 0. The number of amides is 1. The summed E-state index contributed by atoms with van der Waals surface area (Å²) < 4.78 is 5.48. The smallest absolute Gasteiger partial charge is 0.414 e. The molecule has 1 saturated carbocycles. The molecule has 1 aliphatic rings. The molecule has 0 atom stereocenters. The van der Waals surface area contributed by atoms with E-state index in [4.69, 9.17) is 10.5 Å². The molecule has 0 radical (unpaired) electrons. The van der Waals surface area contributed by atoms with Crippen molar-refractivity contribution >= 4 is 11.8 Å². The zero-order valence-electron chi connectivity index (χ0n) is 13.5. The Labute approximate surface area is 131 Å². The second-order valence-corrected chi connectivity index (χ2v) is 6.94. The molecule has 0 saturated heterocycles. The summed E-state index contributed by atoms with van der Waals surface area (Å²) >= 11 is 0. The number of aromatic nitrogens is 1. The topological polar surface area (TPSA) is 88.7 Å². The van der Waals surface area contributed by atoms with Crippen LogP contribution in [-0.4, -0.2) is 34.9 Å². The van der Waals surface area contributed by atoms with Gasteiger partial charge in [0.25, 0.3) is 0 Å². The predicted molar refractivity (Wildman–Crippen MR) is 84.5 cm³/mol. The van der Waals surface area contributed by atoms with E-state index in [2.05, 4.69) is 4.98 Å². The minimum absolute atomic E-state index is 0.0700. The van der Waals surface area contributed by atoms with Gasteiger partial charge in [0.2, 0.25) is 0 Å². The molecule has 1 fully saturated rings. The largest absolute Gasteiger partial charge is 0.443 e. The SMILES string of the molecule is CC(C)(C)OC(=O)N(CC1(CO)CC1)c1ccc(CN)nc1. The van der Waals surface area contributed by atoms with E-state index in [1.165, 1.54) is 0 Å². The van der Waals surface area contributed by atoms with Crippen molar-refractivity contribution in [3.63, 3.8) is 0 Å². The molecule has 1 heterocycles. The van der Waals surface area contributed by atoms with Crippen LogP contribution in [0.25, 0.3) is 0 Å². The van der Waals surface area contributed by atoms with Crippen molar-refractivity contribution in [2.24, 2.45) is 11.1 Å². The maximum absolute atomic E-state index is 12.5. The van der Waals surface area contributed by atoms with Crippen molar-refractivity contribution in [2.45, 2.75) is 45.8 Å². The second-order valence-electron chi connectivity index (χ2n) is 6.94. The quantitative estimate of drug-likeness (QED) is 0.869. The Kier molecular flexibility index (Phi) is 4.72. The molecule has 0 aliphatic heterocycles. The van der Waals surface area contributed by atoms with Crippen LogP contribution in [0.1, 0.15) is 39.3 Å². The standard InChI is InChI=1S/C16H25N3O3/c1-15(2,3)22-14(21)19(10-16(11-20)6-7-16)13-5-4-12(8-17)18-9-13/h4-5,9,20H,6-8,10-11,17H2,1-3H3. The zero-order chi connectivity index (χ0) is 16.4. The maximum atomic E-state index is 12.5. The van der Waals surface area contributed by atoms with Crippen LogP contribution in [0.5, 0.6) is 0 Å². The van der Waals surface area contributed by atoms with Gasteiger partial charge in [-0.25, -0.2) is 4.79 Å². The van der Waals surface area contributed by atoms with Gasteiger partial charge in [-0.1, -0.05) is 0 Å². The number of carbonyl (C=O) groups excluding carboxylic acids is 1. The van der Waals surface area contributed by atoms with Crippen molar-refractivity contribution in [3.8, 4) is 0 Å². The average molecular weight is 307 g/mol. The van der Waals surface area contributed by atoms with Crippen molar-refractivity contribution in [1.82, 2.24) is 4.98 Å². The van der Waals surface area contributed by atoms with E-state index < -0.39 is 11.7 Å². The average Bonchev–Trinajstić information content (AvgIpc) is 3.23. The minimum atomic E-state index is -0.574. The van der Waals surface area contributed by atoms with Crippen molar-refractivity contribution in [2.75, 3.05) is 18.1 Å². The molecule has 6 nitrogen and oxygen atoms in total. The first-order valence-corrected chi connectivity index (χ1v) is 7.55. The van der Waals surface area contributed by atoms with Gasteiger partial charge in [0, 0.05) is 18.5 Å². The summed E-state index contributed by atoms with van der Waals surface area (Å²) in [7, 11) is 0. The first-order valence-electron chi connectivity index (χ1n) is 7.55. The van der Waals surface area contributed by atoms with Crippen LogP contribution in [0.15, 0.2) is 18.3 Å². The molecule has 0 spiro atoms. The molecule has 122 valence electrons. The van der Waals surface area contributed by atoms with Gasteiger partial charge < -0.3 is 15.6 Å². The van der Waals surface area contributed by atoms with Crippen LogP contribution < -0.4 is 10.6 Å². The molecule has 2 rings (SSSR count). The van der Waals surface area contributed by atoms with Crippen LogP contribution in [0.2, 0.25) is 0 Å². The van der Waals surface area contributed by atoms with Gasteiger partial charge in [-0.2, -0.15) is 0 Å². The van der Waals surface area contributed by atoms with Gasteiger partial charge in [0.15, 0.2) is 0 Å². The lowest BCUT2D eigenvalue weighted by Crippen LogP contribution is -2.41. The summed E-state index contributed by atoms with van der Waals surface area (Å²) in [5, 5.41) is 9.54. The van der Waals surface area contributed by atoms with Gasteiger partial charge in [-0.15, -0.1) is 0 Å². The van der Waals surface area contributed by atoms with Crippen molar-refractivity contribution in [1.29, 1.82) is 0 Å². The first-order chi connectivity index (χ1) is 10.3. The lowest BCUT2D eigenvalue weighted by molar-refractivity contribution is 0.0566. The van der Waals surface area contributed by atoms with Crippen LogP contribution >= 0.6 is 0 Å². The summed E-state index contributed by atoms with van der Waals surface area (Å²) in [4.78, 5) is 18.3. The highest BCUT2D eigenvalue weighted by Gasteiger charge is 2.45. The van der Waals surface area contributed by atoms with Crippen LogP contribution in [0.3, 0.4) is 0 Å². The molecule has 0 bridgehead atoms. The number of aliphatic hydroxyl groups excluding tert-OH is 1. The predicted octanol–water partition coefficient (Wildman–Crippen LogP) is 2.05. The number of carbonyl (C=O) groups is 1. The van der Waals surface area contributed by atoms with Crippen molar-refractivity contribution in [3.05, 3.63) is 24.0 Å². The summed E-state index contributed by atoms with van der Waals surface area (Å²) in [6, 6.07) is 3.61. The van der Waals surface area contributed by atoms with Gasteiger partial charge >= 0.3 is 6.09 Å². The molecular weight excluding hydrogens is 282 g/mol. The van der Waals surface area contributed by atoms with E-state index in [0.717, 1.165) is 18.5 Å². The monoisotopic (exact) mass is 307 g/mol. The highest BCUT2D eigenvalue weighted by Crippen LogP contribution is 2.46. The highest BCUT2D eigenvalue weighted by atomic mass is 16.6. The van der Waals surface area contributed by atoms with E-state index in [9.17, 15) is 9.90 Å². The van der Waals surface area contributed by atoms with Gasteiger partial charge in [0.1, 0.15) is 5.60 Å². The molecule has 0 aromatic carbocycles. The number of hydrogen-bond acceptors (Lipinski definition) is 5. The van der Waals surface area contributed by atoms with Crippen LogP contribution in [-0.2, 0) is 11.3 Å². The second kappa shape index (κ2) is 6.22. The molecule has 3 N–H and O–H groups in total. The van der Waals surface area contributed by atoms with Gasteiger partial charge in [0.05, 0.1) is 24.2 Å². The number of pyridine rings is 1. The third-order valence-corrected chi connectivity index (χ3v) is 3.73. The lowest BCUT2D eigenvalue weighted by Gasteiger charge is -2.29. The summed E-state index contributed by atoms with van der Waals surface area (Å²) in [5.41, 5.74) is 6.19. The van der Waals surface area contributed by atoms with E-state index in [1.807, 2.05) is 26.8 Å². The minimum Gasteiger partial charge on any atom is -0.443 e. The third-order valence-electron chi connectivity index (χ3n) is 3.73. The number of aliphatic hydroxyl groups is 1. The molecule has 0 unspecified atom stereocenters. The molecule has 1 aromatic rings. The van der Waals surface area contributed by atoms with Crippen LogP contribution in [0, 0.1) is 5.41 Å². The normalized spacial score (nSPS) is 16.2. The Bertz CT molecular complexity index is 518. The number of hydrogen-bond donors (Lipinski definition) is 2. The number of nitrogens with two attached hydrogens (primary N) is 1. The zero-order valence-corrected chi connectivity index (χ0v) is 13.5. The van der Waals surface area contributed by atoms with Crippen molar-refractivity contribution < 1.29 is 14.6 Å². The molecule has 6 heteroatoms. The molecule has 1 aliphatic carbocycles. The fourth-order valence-corrected chi connectivity index (χ4v) is 2.15. The maximum Gasteiger partial charge on any atom is 0.414 e. The van der Waals surface area contributed by atoms with E-state index in [1.54, 1.807) is 17.2 Å². The lowest BCUT2D eigenvalue weighted by atomic mass is 10.1. The fourth-order valence-electron chi connectivity index (χ4n) is 2.15. The highest BCUT2D eigenvalue weighted by molar-refractivity contribution is 5.87. The van der Waals surface area contributed by atoms with Crippen LogP contribution in [0.4, 0.5) is 10.5 Å². The number of anilines is 1. The van der Waals surface area contributed by atoms with E-state index >= 15 is 0 Å². The van der Waals surface area contributed by atoms with Gasteiger partial charge in [-0.3, -0.25) is 9.88 Å². The third kappa shape index (κ3) is 4.18. The Balaban J connectivity index is 2.21. The number of nitrogens with zero attached hydrogens (tertiary/aromatic N) is 2. The Morgan fingerprint density at radius 1 is 1.45 bits per heavy atom. The fraction of sp³-hybridized carbons (Fsp3) is 0.625. The Morgan fingerprint density at radius 3 is 2.55 bits per heavy atom. The summed E-state index contributed by atoms with van der Waals surface area (Å²) in [6.07, 6.45) is 3.03. The molecule has 1 amide bonds. The number of rotatable bonds is 5. The van der Waals surface area contributed by atoms with E-state index in [-0.39, 0.29) is 12.0 Å². The van der Waals surface area contributed by atoms with E-state index in [0.29, 0.717) is 18.8 Å². The Morgan fingerprint density at radius 2 is 2.14 bits per heavy atom. The molecular formula is C16H25N3O3. The summed E-state index contributed by atoms with van der Waals surface area (Å²) in [6.45, 7) is 6.35. The molecule has 22 heavy (non-hydrogen) atoms. The molecule has 1 aromatic heterocycles.